The van der Waals surface area contributed by atoms with Gasteiger partial charge >= 0.3 is 0 Å². The first-order valence-corrected chi connectivity index (χ1v) is 8.07. The number of nitro benzene ring substituents is 1. The fourth-order valence-corrected chi connectivity index (χ4v) is 4.09. The molecule has 0 atom stereocenters. The lowest BCUT2D eigenvalue weighted by Gasteiger charge is -2.31. The van der Waals surface area contributed by atoms with Crippen LogP contribution in [0.3, 0.4) is 0 Å². The van der Waals surface area contributed by atoms with E-state index in [2.05, 4.69) is 4.72 Å². The minimum absolute atomic E-state index is 0.407. The summed E-state index contributed by atoms with van der Waals surface area (Å²) < 4.78 is 27.2. The van der Waals surface area contributed by atoms with Gasteiger partial charge in [0.05, 0.1) is 11.0 Å². The van der Waals surface area contributed by atoms with Crippen LogP contribution in [-0.2, 0) is 10.0 Å². The Morgan fingerprint density at radius 3 is 2.43 bits per heavy atom. The maximum atomic E-state index is 12.4. The second kappa shape index (κ2) is 5.79. The molecule has 0 aliphatic heterocycles. The van der Waals surface area contributed by atoms with E-state index in [9.17, 15) is 23.8 Å². The highest BCUT2D eigenvalue weighted by Gasteiger charge is 2.38. The third-order valence-corrected chi connectivity index (χ3v) is 5.19. The molecule has 0 aromatic heterocycles. The summed E-state index contributed by atoms with van der Waals surface area (Å²) in [5, 5.41) is 20.3. The van der Waals surface area contributed by atoms with Crippen molar-refractivity contribution < 1.29 is 13.3 Å². The third-order valence-electron chi connectivity index (χ3n) is 3.60. The summed E-state index contributed by atoms with van der Waals surface area (Å²) in [6.45, 7) is 0. The van der Waals surface area contributed by atoms with E-state index in [0.29, 0.717) is 12.8 Å². The normalized spacial score (nSPS) is 17.9. The predicted octanol–water partition coefficient (Wildman–Crippen LogP) is 2.10. The maximum Gasteiger partial charge on any atom is 0.289 e. The van der Waals surface area contributed by atoms with Gasteiger partial charge in [-0.1, -0.05) is 31.4 Å². The number of nitriles is 1. The van der Waals surface area contributed by atoms with Crippen LogP contribution in [0.5, 0.6) is 0 Å². The van der Waals surface area contributed by atoms with Gasteiger partial charge < -0.3 is 0 Å². The van der Waals surface area contributed by atoms with Crippen molar-refractivity contribution in [3.05, 3.63) is 34.4 Å². The number of hydrogen-bond acceptors (Lipinski definition) is 5. The molecule has 1 N–H and O–H groups in total. The van der Waals surface area contributed by atoms with Crippen LogP contribution >= 0.6 is 0 Å². The number of benzene rings is 1. The number of nitro groups is 1. The molecule has 1 aromatic carbocycles. The molecule has 0 radical (unpaired) electrons. The highest BCUT2D eigenvalue weighted by atomic mass is 32.2. The molecule has 21 heavy (non-hydrogen) atoms. The molecule has 1 saturated carbocycles. The van der Waals surface area contributed by atoms with Gasteiger partial charge in [-0.15, -0.1) is 0 Å². The van der Waals surface area contributed by atoms with Gasteiger partial charge in [-0.3, -0.25) is 10.1 Å². The molecule has 112 valence electrons. The first-order chi connectivity index (χ1) is 9.90. The van der Waals surface area contributed by atoms with Gasteiger partial charge in [0.15, 0.2) is 4.90 Å². The Bertz CT molecular complexity index is 688. The van der Waals surface area contributed by atoms with Crippen molar-refractivity contribution in [3.8, 4) is 6.07 Å². The van der Waals surface area contributed by atoms with Crippen molar-refractivity contribution in [2.75, 3.05) is 0 Å². The van der Waals surface area contributed by atoms with Crippen LogP contribution in [0.4, 0.5) is 5.69 Å². The monoisotopic (exact) mass is 309 g/mol. The lowest BCUT2D eigenvalue weighted by atomic mass is 9.84. The first-order valence-electron chi connectivity index (χ1n) is 6.59. The van der Waals surface area contributed by atoms with Gasteiger partial charge in [-0.25, -0.2) is 8.42 Å². The van der Waals surface area contributed by atoms with Crippen LogP contribution in [0, 0.1) is 21.4 Å². The van der Waals surface area contributed by atoms with E-state index in [1.54, 1.807) is 0 Å². The largest absolute Gasteiger partial charge is 0.289 e. The molecule has 0 spiro atoms. The Morgan fingerprint density at radius 2 is 1.86 bits per heavy atom. The molecule has 2 rings (SSSR count). The minimum Gasteiger partial charge on any atom is -0.258 e. The Labute approximate surface area is 122 Å². The summed E-state index contributed by atoms with van der Waals surface area (Å²) in [7, 11) is -4.12. The summed E-state index contributed by atoms with van der Waals surface area (Å²) >= 11 is 0. The molecule has 7 nitrogen and oxygen atoms in total. The topological polar surface area (TPSA) is 113 Å². The van der Waals surface area contributed by atoms with Gasteiger partial charge in [0, 0.05) is 6.07 Å². The summed E-state index contributed by atoms with van der Waals surface area (Å²) in [5.74, 6) is 0. The van der Waals surface area contributed by atoms with Gasteiger partial charge in [-0.2, -0.15) is 9.98 Å². The van der Waals surface area contributed by atoms with Crippen LogP contribution < -0.4 is 4.72 Å². The van der Waals surface area contributed by atoms with E-state index in [-0.39, 0.29) is 0 Å². The number of rotatable bonds is 4. The molecule has 0 bridgehead atoms. The molecule has 8 heteroatoms. The summed E-state index contributed by atoms with van der Waals surface area (Å²) in [5.41, 5.74) is -1.66. The summed E-state index contributed by atoms with van der Waals surface area (Å²) in [4.78, 5) is 9.81. The second-order valence-corrected chi connectivity index (χ2v) is 6.74. The van der Waals surface area contributed by atoms with E-state index < -0.39 is 31.1 Å². The molecule has 1 aromatic rings. The van der Waals surface area contributed by atoms with E-state index in [4.69, 9.17) is 0 Å². The zero-order valence-corrected chi connectivity index (χ0v) is 12.1. The van der Waals surface area contributed by atoms with Crippen LogP contribution in [-0.4, -0.2) is 18.9 Å². The van der Waals surface area contributed by atoms with Crippen LogP contribution in [0.25, 0.3) is 0 Å². The number of hydrogen-bond donors (Lipinski definition) is 1. The second-order valence-electron chi connectivity index (χ2n) is 5.08. The highest BCUT2D eigenvalue weighted by molar-refractivity contribution is 7.89. The van der Waals surface area contributed by atoms with Gasteiger partial charge in [0.1, 0.15) is 5.54 Å². The third kappa shape index (κ3) is 3.20. The molecule has 1 aliphatic carbocycles. The van der Waals surface area contributed by atoms with E-state index in [1.165, 1.54) is 18.2 Å². The first kappa shape index (κ1) is 15.4. The maximum absolute atomic E-state index is 12.4. The van der Waals surface area contributed by atoms with Gasteiger partial charge in [0.25, 0.3) is 5.69 Å². The van der Waals surface area contributed by atoms with Gasteiger partial charge in [0.2, 0.25) is 10.0 Å². The van der Waals surface area contributed by atoms with Crippen LogP contribution in [0.1, 0.15) is 32.1 Å². The number of para-hydroxylation sites is 1. The van der Waals surface area contributed by atoms with Crippen molar-refractivity contribution in [1.29, 1.82) is 5.26 Å². The SMILES string of the molecule is N#CC1(NS(=O)(=O)c2ccccc2[N+](=O)[O-])CCCCC1. The average Bonchev–Trinajstić information content (AvgIpc) is 2.47. The van der Waals surface area contributed by atoms with E-state index in [1.807, 2.05) is 6.07 Å². The Morgan fingerprint density at radius 1 is 1.24 bits per heavy atom. The Hall–Kier alpha value is -1.98. The fourth-order valence-electron chi connectivity index (χ4n) is 2.54. The van der Waals surface area contributed by atoms with Crippen molar-refractivity contribution in [1.82, 2.24) is 4.72 Å². The molecule has 0 unspecified atom stereocenters. The lowest BCUT2D eigenvalue weighted by Crippen LogP contribution is -2.48. The standard InChI is InChI=1S/C13H15N3O4S/c14-10-13(8-4-1-5-9-13)15-21(19,20)12-7-3-2-6-11(12)16(17)18/h2-3,6-7,15H,1,4-5,8-9H2. The van der Waals surface area contributed by atoms with Crippen LogP contribution in [0.15, 0.2) is 29.2 Å². The molecule has 1 fully saturated rings. The Kier molecular flexibility index (Phi) is 4.25. The zero-order chi connectivity index (χ0) is 15.5. The van der Waals surface area contributed by atoms with Crippen molar-refractivity contribution >= 4 is 15.7 Å². The average molecular weight is 309 g/mol. The molecular weight excluding hydrogens is 294 g/mol. The minimum atomic E-state index is -4.12. The molecule has 1 aliphatic rings. The van der Waals surface area contributed by atoms with Gasteiger partial charge in [-0.05, 0) is 18.9 Å². The van der Waals surface area contributed by atoms with Crippen molar-refractivity contribution in [2.45, 2.75) is 42.5 Å². The van der Waals surface area contributed by atoms with Crippen LogP contribution in [0.2, 0.25) is 0 Å². The highest BCUT2D eigenvalue weighted by Crippen LogP contribution is 2.31. The summed E-state index contributed by atoms with van der Waals surface area (Å²) in [6.07, 6.45) is 3.31. The molecule has 0 amide bonds. The zero-order valence-electron chi connectivity index (χ0n) is 11.3. The molecular formula is C13H15N3O4S. The summed E-state index contributed by atoms with van der Waals surface area (Å²) in [6, 6.07) is 7.16. The number of sulfonamides is 1. The fraction of sp³-hybridized carbons (Fsp3) is 0.462. The lowest BCUT2D eigenvalue weighted by molar-refractivity contribution is -0.387. The number of nitrogens with one attached hydrogen (secondary N) is 1. The van der Waals surface area contributed by atoms with E-state index in [0.717, 1.165) is 25.3 Å². The van der Waals surface area contributed by atoms with E-state index >= 15 is 0 Å². The number of nitrogens with zero attached hydrogens (tertiary/aromatic N) is 2. The smallest absolute Gasteiger partial charge is 0.258 e. The Balaban J connectivity index is 2.39. The van der Waals surface area contributed by atoms with Crippen molar-refractivity contribution in [2.24, 2.45) is 0 Å². The van der Waals surface area contributed by atoms with Crippen molar-refractivity contribution in [3.63, 3.8) is 0 Å². The molecule has 0 saturated heterocycles. The molecule has 0 heterocycles. The quantitative estimate of drug-likeness (QED) is 0.676. The predicted molar refractivity (Wildman–Crippen MR) is 74.8 cm³/mol.